The van der Waals surface area contributed by atoms with E-state index in [9.17, 15) is 0 Å². The number of anilines is 3. The Labute approximate surface area is 273 Å². The van der Waals surface area contributed by atoms with Gasteiger partial charge in [0.1, 0.15) is 16.9 Å². The maximum Gasteiger partial charge on any atom is 0.431 e. The number of hydrogen-bond donors (Lipinski definition) is 0. The van der Waals surface area contributed by atoms with Crippen LogP contribution in [-0.4, -0.2) is 6.92 Å². The van der Waals surface area contributed by atoms with Crippen LogP contribution in [-0.2, 0) is 16.2 Å². The number of para-hydroxylation sites is 1. The highest BCUT2D eigenvalue weighted by molar-refractivity contribution is 6.86. The highest BCUT2D eigenvalue weighted by atomic mass is 16.4. The van der Waals surface area contributed by atoms with Gasteiger partial charge in [0, 0.05) is 44.4 Å². The molecule has 0 aliphatic carbocycles. The van der Waals surface area contributed by atoms with Gasteiger partial charge in [0.05, 0.1) is 0 Å². The number of hydrogen-bond acceptors (Lipinski definition) is 3. The first-order valence-corrected chi connectivity index (χ1v) is 16.5. The second-order valence-corrected chi connectivity index (χ2v) is 16.3. The molecule has 0 fully saturated rings. The summed E-state index contributed by atoms with van der Waals surface area (Å²) in [4.78, 5) is 2.45. The number of fused-ring (bicyclic) bond motifs is 8. The van der Waals surface area contributed by atoms with Crippen LogP contribution in [0.4, 0.5) is 17.1 Å². The van der Waals surface area contributed by atoms with Gasteiger partial charge in [-0.3, -0.25) is 0 Å². The normalized spacial score (nSPS) is 14.3. The van der Waals surface area contributed by atoms with E-state index in [0.29, 0.717) is 0 Å². The molecule has 0 radical (unpaired) electrons. The predicted octanol–water partition coefficient (Wildman–Crippen LogP) is 10.4. The number of furan rings is 1. The minimum Gasteiger partial charge on any atom is -0.551 e. The highest BCUT2D eigenvalue weighted by Gasteiger charge is 2.44. The van der Waals surface area contributed by atoms with Crippen LogP contribution < -0.4 is 20.5 Å². The van der Waals surface area contributed by atoms with Gasteiger partial charge in [0.25, 0.3) is 0 Å². The summed E-state index contributed by atoms with van der Waals surface area (Å²) in [5.74, 6) is 0.893. The molecular weight excluding hydrogens is 561 g/mol. The van der Waals surface area contributed by atoms with Crippen LogP contribution in [0, 0.1) is 0 Å². The molecule has 2 aliphatic rings. The van der Waals surface area contributed by atoms with Crippen LogP contribution in [0.3, 0.4) is 0 Å². The summed E-state index contributed by atoms with van der Waals surface area (Å²) in [5, 5.41) is 2.29. The van der Waals surface area contributed by atoms with E-state index in [1.165, 1.54) is 27.6 Å². The first-order valence-electron chi connectivity index (χ1n) is 16.5. The zero-order valence-corrected chi connectivity index (χ0v) is 28.5. The number of rotatable bonds is 1. The molecule has 0 N–H and O–H groups in total. The molecule has 0 amide bonds. The van der Waals surface area contributed by atoms with E-state index in [-0.39, 0.29) is 23.2 Å². The second-order valence-electron chi connectivity index (χ2n) is 16.3. The Morgan fingerprint density at radius 1 is 0.587 bits per heavy atom. The highest BCUT2D eigenvalue weighted by Crippen LogP contribution is 2.48. The van der Waals surface area contributed by atoms with Crippen LogP contribution in [0.25, 0.3) is 33.1 Å². The fraction of sp³-hybridized carbons (Fsp3) is 0.286. The van der Waals surface area contributed by atoms with Crippen LogP contribution in [0.1, 0.15) is 79.0 Å². The van der Waals surface area contributed by atoms with Crippen LogP contribution in [0.15, 0.2) is 95.4 Å². The van der Waals surface area contributed by atoms with Gasteiger partial charge in [-0.15, -0.1) is 0 Å². The number of nitrogens with zero attached hydrogens (tertiary/aromatic N) is 1. The van der Waals surface area contributed by atoms with E-state index in [1.54, 1.807) is 0 Å². The molecule has 3 nitrogen and oxygen atoms in total. The Balaban J connectivity index is 1.50. The number of benzene rings is 5. The largest absolute Gasteiger partial charge is 0.551 e. The molecular formula is C42H42BNO2. The van der Waals surface area contributed by atoms with Crippen molar-refractivity contribution in [3.8, 4) is 16.9 Å². The molecule has 4 heteroatoms. The maximum absolute atomic E-state index is 7.00. The fourth-order valence-electron chi connectivity index (χ4n) is 7.23. The van der Waals surface area contributed by atoms with Crippen molar-refractivity contribution in [3.05, 3.63) is 108 Å². The van der Waals surface area contributed by atoms with E-state index in [4.69, 9.17) is 9.07 Å². The average molecular weight is 604 g/mol. The quantitative estimate of drug-likeness (QED) is 0.175. The molecule has 1 aromatic heterocycles. The Kier molecular flexibility index (Phi) is 6.02. The Hall–Kier alpha value is -4.44. The molecule has 0 bridgehead atoms. The van der Waals surface area contributed by atoms with Crippen molar-refractivity contribution in [1.82, 2.24) is 0 Å². The molecule has 2 aliphatic heterocycles. The maximum atomic E-state index is 7.00. The monoisotopic (exact) mass is 603 g/mol. The van der Waals surface area contributed by atoms with Gasteiger partial charge >= 0.3 is 6.92 Å². The first kappa shape index (κ1) is 29.0. The molecule has 0 atom stereocenters. The van der Waals surface area contributed by atoms with Crippen LogP contribution in [0.5, 0.6) is 5.75 Å². The van der Waals surface area contributed by atoms with E-state index in [2.05, 4.69) is 158 Å². The molecule has 230 valence electrons. The van der Waals surface area contributed by atoms with Crippen molar-refractivity contribution in [2.45, 2.75) is 78.6 Å². The smallest absolute Gasteiger partial charge is 0.431 e. The van der Waals surface area contributed by atoms with Crippen LogP contribution >= 0.6 is 0 Å². The molecule has 6 aromatic rings. The Morgan fingerprint density at radius 3 is 1.91 bits per heavy atom. The van der Waals surface area contributed by atoms with E-state index < -0.39 is 0 Å². The molecule has 0 saturated carbocycles. The first-order chi connectivity index (χ1) is 21.7. The van der Waals surface area contributed by atoms with Gasteiger partial charge in [-0.1, -0.05) is 111 Å². The summed E-state index contributed by atoms with van der Waals surface area (Å²) >= 11 is 0. The van der Waals surface area contributed by atoms with Gasteiger partial charge < -0.3 is 14.0 Å². The van der Waals surface area contributed by atoms with Crippen molar-refractivity contribution in [2.75, 3.05) is 4.90 Å². The SMILES string of the molecule is CC(C)(C)c1ccc(N2c3ccc(C(C)(C)C)cc3B3Oc4ccccc4-c4c3c2cc2c4oc3ccc(C(C)(C)C)cc32)cc1. The van der Waals surface area contributed by atoms with Crippen molar-refractivity contribution in [2.24, 2.45) is 0 Å². The second kappa shape index (κ2) is 9.54. The summed E-state index contributed by atoms with van der Waals surface area (Å²) in [6.07, 6.45) is 0. The van der Waals surface area contributed by atoms with Gasteiger partial charge in [-0.05, 0) is 80.9 Å². The predicted molar refractivity (Wildman–Crippen MR) is 196 cm³/mol. The van der Waals surface area contributed by atoms with E-state index >= 15 is 0 Å². The van der Waals surface area contributed by atoms with Crippen molar-refractivity contribution < 1.29 is 9.07 Å². The zero-order chi connectivity index (χ0) is 32.3. The molecule has 0 unspecified atom stereocenters. The summed E-state index contributed by atoms with van der Waals surface area (Å²) in [6, 6.07) is 33.6. The summed E-state index contributed by atoms with van der Waals surface area (Å²) in [7, 11) is 0. The topological polar surface area (TPSA) is 25.6 Å². The summed E-state index contributed by atoms with van der Waals surface area (Å²) < 4.78 is 13.8. The van der Waals surface area contributed by atoms with Crippen molar-refractivity contribution in [3.63, 3.8) is 0 Å². The minimum atomic E-state index is -0.259. The Bertz CT molecular complexity index is 2190. The lowest BCUT2D eigenvalue weighted by molar-refractivity contribution is 0.584. The Morgan fingerprint density at radius 2 is 1.22 bits per heavy atom. The van der Waals surface area contributed by atoms with Gasteiger partial charge in [0.15, 0.2) is 0 Å². The lowest BCUT2D eigenvalue weighted by atomic mass is 9.49. The average Bonchev–Trinajstić information content (AvgIpc) is 3.37. The summed E-state index contributed by atoms with van der Waals surface area (Å²) in [5.41, 5.74) is 13.8. The fourth-order valence-corrected chi connectivity index (χ4v) is 7.23. The molecule has 0 spiro atoms. The third-order valence-electron chi connectivity index (χ3n) is 9.96. The lowest BCUT2D eigenvalue weighted by Crippen LogP contribution is -2.56. The molecule has 46 heavy (non-hydrogen) atoms. The lowest BCUT2D eigenvalue weighted by Gasteiger charge is -2.40. The van der Waals surface area contributed by atoms with Crippen molar-refractivity contribution in [1.29, 1.82) is 0 Å². The van der Waals surface area contributed by atoms with Crippen molar-refractivity contribution >= 4 is 56.8 Å². The third kappa shape index (κ3) is 4.33. The van der Waals surface area contributed by atoms with Gasteiger partial charge in [0.2, 0.25) is 0 Å². The van der Waals surface area contributed by atoms with Gasteiger partial charge in [-0.2, -0.15) is 0 Å². The van der Waals surface area contributed by atoms with Crippen LogP contribution in [0.2, 0.25) is 0 Å². The minimum absolute atomic E-state index is 0.00263. The molecule has 0 saturated heterocycles. The third-order valence-corrected chi connectivity index (χ3v) is 9.96. The summed E-state index contributed by atoms with van der Waals surface area (Å²) in [6.45, 7) is 20.2. The van der Waals surface area contributed by atoms with E-state index in [0.717, 1.165) is 55.9 Å². The molecule has 5 aromatic carbocycles. The zero-order valence-electron chi connectivity index (χ0n) is 28.5. The molecule has 3 heterocycles. The standard InChI is InChI=1S/C42H42BNO2/c1-40(2,3)25-14-18-28(19-15-25)44-33-20-16-27(42(7,8)9)23-32(33)43-38-34(44)24-31-30-22-26(41(4,5)6)17-21-35(30)45-39(31)37(38)29-12-10-11-13-36(29)46-43/h10-24H,1-9H3. The van der Waals surface area contributed by atoms with Gasteiger partial charge in [-0.25, -0.2) is 0 Å². The van der Waals surface area contributed by atoms with E-state index in [1.807, 2.05) is 0 Å². The molecule has 8 rings (SSSR count).